The molecule has 1 amide bonds. The van der Waals surface area contributed by atoms with Gasteiger partial charge in [-0.1, -0.05) is 18.2 Å². The van der Waals surface area contributed by atoms with Gasteiger partial charge in [0.2, 0.25) is 0 Å². The summed E-state index contributed by atoms with van der Waals surface area (Å²) in [7, 11) is 4.76. The molecule has 0 aliphatic heterocycles. The van der Waals surface area contributed by atoms with E-state index in [1.165, 1.54) is 7.11 Å². The van der Waals surface area contributed by atoms with Crippen LogP contribution in [0.25, 0.3) is 0 Å². The number of methoxy groups -OCH3 is 2. The summed E-state index contributed by atoms with van der Waals surface area (Å²) in [4.78, 5) is 12.9. The minimum atomic E-state index is -0.326. The average molecular weight is 237 g/mol. The quantitative estimate of drug-likeness (QED) is 0.806. The molecule has 0 N–H and O–H groups in total. The second-order valence-electron chi connectivity index (χ2n) is 3.95. The van der Waals surface area contributed by atoms with Gasteiger partial charge in [0.25, 0.3) is 0 Å². The molecule has 0 saturated heterocycles. The normalized spacial score (nSPS) is 11.8. The SMILES string of the molecule is COC(=O)N(C)C(C)Cc1ccccc1OC. The van der Waals surface area contributed by atoms with Crippen molar-refractivity contribution in [3.8, 4) is 5.75 Å². The van der Waals surface area contributed by atoms with E-state index >= 15 is 0 Å². The standard InChI is InChI=1S/C13H19NO3/c1-10(14(2)13(15)17-4)9-11-7-5-6-8-12(11)16-3/h5-8,10H,9H2,1-4H3. The van der Waals surface area contributed by atoms with E-state index in [1.807, 2.05) is 31.2 Å². The van der Waals surface area contributed by atoms with Gasteiger partial charge in [0.1, 0.15) is 5.75 Å². The second kappa shape index (κ2) is 6.13. The summed E-state index contributed by atoms with van der Waals surface area (Å²) in [6.45, 7) is 1.98. The zero-order valence-electron chi connectivity index (χ0n) is 10.8. The van der Waals surface area contributed by atoms with Gasteiger partial charge in [-0.2, -0.15) is 0 Å². The molecule has 4 heteroatoms. The molecular weight excluding hydrogens is 218 g/mol. The van der Waals surface area contributed by atoms with Crippen molar-refractivity contribution in [1.29, 1.82) is 0 Å². The van der Waals surface area contributed by atoms with E-state index in [4.69, 9.17) is 4.74 Å². The minimum absolute atomic E-state index is 0.0544. The van der Waals surface area contributed by atoms with Crippen molar-refractivity contribution in [3.05, 3.63) is 29.8 Å². The maximum Gasteiger partial charge on any atom is 0.409 e. The molecule has 1 atom stereocenters. The number of para-hydroxylation sites is 1. The van der Waals surface area contributed by atoms with Crippen LogP contribution in [0.3, 0.4) is 0 Å². The Morgan fingerprint density at radius 3 is 2.59 bits per heavy atom. The van der Waals surface area contributed by atoms with Gasteiger partial charge in [0.05, 0.1) is 14.2 Å². The summed E-state index contributed by atoms with van der Waals surface area (Å²) >= 11 is 0. The molecular formula is C13H19NO3. The van der Waals surface area contributed by atoms with Crippen LogP contribution in [0.5, 0.6) is 5.75 Å². The first kappa shape index (κ1) is 13.4. The third-order valence-electron chi connectivity index (χ3n) is 2.83. The third kappa shape index (κ3) is 3.37. The fourth-order valence-electron chi connectivity index (χ4n) is 1.65. The number of hydrogen-bond donors (Lipinski definition) is 0. The molecule has 94 valence electrons. The van der Waals surface area contributed by atoms with Crippen molar-refractivity contribution in [3.63, 3.8) is 0 Å². The summed E-state index contributed by atoms with van der Waals surface area (Å²) in [6.07, 6.45) is 0.405. The number of amides is 1. The number of likely N-dealkylation sites (N-methyl/N-ethyl adjacent to an activating group) is 1. The van der Waals surface area contributed by atoms with Gasteiger partial charge in [0, 0.05) is 13.1 Å². The van der Waals surface area contributed by atoms with Crippen LogP contribution in [-0.4, -0.2) is 38.3 Å². The monoisotopic (exact) mass is 237 g/mol. The highest BCUT2D eigenvalue weighted by Gasteiger charge is 2.17. The van der Waals surface area contributed by atoms with Crippen LogP contribution >= 0.6 is 0 Å². The first-order valence-corrected chi connectivity index (χ1v) is 5.52. The molecule has 4 nitrogen and oxygen atoms in total. The lowest BCUT2D eigenvalue weighted by atomic mass is 10.1. The minimum Gasteiger partial charge on any atom is -0.496 e. The highest BCUT2D eigenvalue weighted by atomic mass is 16.5. The van der Waals surface area contributed by atoms with Crippen molar-refractivity contribution < 1.29 is 14.3 Å². The Labute approximate surface area is 102 Å². The fourth-order valence-corrected chi connectivity index (χ4v) is 1.65. The zero-order chi connectivity index (χ0) is 12.8. The lowest BCUT2D eigenvalue weighted by Gasteiger charge is -2.24. The van der Waals surface area contributed by atoms with Crippen molar-refractivity contribution in [2.24, 2.45) is 0 Å². The van der Waals surface area contributed by atoms with E-state index in [9.17, 15) is 4.79 Å². The first-order valence-electron chi connectivity index (χ1n) is 5.52. The molecule has 1 unspecified atom stereocenters. The number of nitrogens with zero attached hydrogens (tertiary/aromatic N) is 1. The van der Waals surface area contributed by atoms with Crippen molar-refractivity contribution in [2.45, 2.75) is 19.4 Å². The van der Waals surface area contributed by atoms with E-state index < -0.39 is 0 Å². The average Bonchev–Trinajstić information content (AvgIpc) is 2.37. The van der Waals surface area contributed by atoms with E-state index in [-0.39, 0.29) is 12.1 Å². The van der Waals surface area contributed by atoms with Crippen LogP contribution in [0.15, 0.2) is 24.3 Å². The van der Waals surface area contributed by atoms with Crippen LogP contribution < -0.4 is 4.74 Å². The molecule has 1 aromatic rings. The van der Waals surface area contributed by atoms with E-state index in [0.29, 0.717) is 0 Å². The topological polar surface area (TPSA) is 38.8 Å². The Morgan fingerprint density at radius 2 is 2.00 bits per heavy atom. The zero-order valence-corrected chi connectivity index (χ0v) is 10.8. The van der Waals surface area contributed by atoms with E-state index in [0.717, 1.165) is 17.7 Å². The maximum atomic E-state index is 11.4. The van der Waals surface area contributed by atoms with Gasteiger partial charge in [0.15, 0.2) is 0 Å². The fraction of sp³-hybridized carbons (Fsp3) is 0.462. The van der Waals surface area contributed by atoms with Crippen molar-refractivity contribution in [2.75, 3.05) is 21.3 Å². The Kier molecular flexibility index (Phi) is 4.82. The van der Waals surface area contributed by atoms with E-state index in [2.05, 4.69) is 4.74 Å². The molecule has 0 aliphatic rings. The molecule has 0 aromatic heterocycles. The molecule has 0 aliphatic carbocycles. The molecule has 0 heterocycles. The molecule has 1 aromatic carbocycles. The van der Waals surface area contributed by atoms with E-state index in [1.54, 1.807) is 19.1 Å². The largest absolute Gasteiger partial charge is 0.496 e. The van der Waals surface area contributed by atoms with Crippen molar-refractivity contribution in [1.82, 2.24) is 4.90 Å². The highest BCUT2D eigenvalue weighted by Crippen LogP contribution is 2.20. The summed E-state index contributed by atoms with van der Waals surface area (Å²) in [6, 6.07) is 7.86. The van der Waals surface area contributed by atoms with Gasteiger partial charge in [-0.25, -0.2) is 4.79 Å². The number of rotatable bonds is 4. The molecule has 0 fully saturated rings. The summed E-state index contributed by atoms with van der Waals surface area (Å²) < 4.78 is 9.96. The number of benzene rings is 1. The molecule has 0 saturated carbocycles. The number of carbonyl (C=O) groups is 1. The molecule has 0 radical (unpaired) electrons. The predicted molar refractivity (Wildman–Crippen MR) is 66.3 cm³/mol. The second-order valence-corrected chi connectivity index (χ2v) is 3.95. The van der Waals surface area contributed by atoms with Crippen LogP contribution in [0, 0.1) is 0 Å². The third-order valence-corrected chi connectivity index (χ3v) is 2.83. The van der Waals surface area contributed by atoms with Crippen molar-refractivity contribution >= 4 is 6.09 Å². The lowest BCUT2D eigenvalue weighted by Crippen LogP contribution is -2.36. The van der Waals surface area contributed by atoms with Gasteiger partial charge in [-0.3, -0.25) is 0 Å². The Balaban J connectivity index is 2.73. The van der Waals surface area contributed by atoms with Crippen LogP contribution in [0.1, 0.15) is 12.5 Å². The Morgan fingerprint density at radius 1 is 1.35 bits per heavy atom. The molecule has 0 bridgehead atoms. The first-order chi connectivity index (χ1) is 8.10. The van der Waals surface area contributed by atoms with Gasteiger partial charge in [-0.15, -0.1) is 0 Å². The van der Waals surface area contributed by atoms with Crippen LogP contribution in [0.4, 0.5) is 4.79 Å². The number of carbonyl (C=O) groups excluding carboxylic acids is 1. The number of hydrogen-bond acceptors (Lipinski definition) is 3. The smallest absolute Gasteiger partial charge is 0.409 e. The van der Waals surface area contributed by atoms with Crippen LogP contribution in [0.2, 0.25) is 0 Å². The maximum absolute atomic E-state index is 11.4. The molecule has 0 spiro atoms. The Bertz CT molecular complexity index is 379. The highest BCUT2D eigenvalue weighted by molar-refractivity contribution is 5.67. The predicted octanol–water partition coefficient (Wildman–Crippen LogP) is 2.32. The summed E-state index contributed by atoms with van der Waals surface area (Å²) in [5, 5.41) is 0. The summed E-state index contributed by atoms with van der Waals surface area (Å²) in [5.41, 5.74) is 1.08. The molecule has 17 heavy (non-hydrogen) atoms. The molecule has 1 rings (SSSR count). The summed E-state index contributed by atoms with van der Waals surface area (Å²) in [5.74, 6) is 0.845. The van der Waals surface area contributed by atoms with Gasteiger partial charge < -0.3 is 14.4 Å². The lowest BCUT2D eigenvalue weighted by molar-refractivity contribution is 0.120. The number of ether oxygens (including phenoxy) is 2. The Hall–Kier alpha value is -1.71. The van der Waals surface area contributed by atoms with Gasteiger partial charge in [-0.05, 0) is 25.0 Å². The van der Waals surface area contributed by atoms with Gasteiger partial charge >= 0.3 is 6.09 Å². The van der Waals surface area contributed by atoms with Crippen LogP contribution in [-0.2, 0) is 11.2 Å².